The second kappa shape index (κ2) is 8.64. The highest BCUT2D eigenvalue weighted by molar-refractivity contribution is 5.96. The molecule has 0 aliphatic carbocycles. The molecule has 3 amide bonds. The molecule has 5 nitrogen and oxygen atoms in total. The first-order valence-electron chi connectivity index (χ1n) is 10.2. The highest BCUT2D eigenvalue weighted by atomic mass is 19.1. The fraction of sp³-hybridized carbons (Fsp3) is 0.391. The fourth-order valence-corrected chi connectivity index (χ4v) is 4.23. The summed E-state index contributed by atoms with van der Waals surface area (Å²) in [5.74, 6) is 0.216. The van der Waals surface area contributed by atoms with Crippen LogP contribution in [0.1, 0.15) is 24.8 Å². The van der Waals surface area contributed by atoms with Gasteiger partial charge in [0.05, 0.1) is 6.04 Å². The molecule has 29 heavy (non-hydrogen) atoms. The Morgan fingerprint density at radius 2 is 1.72 bits per heavy atom. The highest BCUT2D eigenvalue weighted by Crippen LogP contribution is 2.24. The van der Waals surface area contributed by atoms with Crippen LogP contribution in [0.3, 0.4) is 0 Å². The maximum atomic E-state index is 13.1. The Bertz CT molecular complexity index is 848. The van der Waals surface area contributed by atoms with Gasteiger partial charge in [0.15, 0.2) is 0 Å². The lowest BCUT2D eigenvalue weighted by molar-refractivity contribution is -0.117. The minimum absolute atomic E-state index is 0.0523. The third kappa shape index (κ3) is 4.75. The summed E-state index contributed by atoms with van der Waals surface area (Å²) in [6.45, 7) is 1.90. The average Bonchev–Trinajstić information content (AvgIpc) is 3.10. The largest absolute Gasteiger partial charge is 0.333 e. The lowest BCUT2D eigenvalue weighted by atomic mass is 9.90. The average molecular weight is 395 g/mol. The van der Waals surface area contributed by atoms with E-state index in [4.69, 9.17) is 0 Å². The van der Waals surface area contributed by atoms with Gasteiger partial charge in [0.25, 0.3) is 0 Å². The number of hydrogen-bond donors (Lipinski definition) is 1. The number of nitrogens with zero attached hydrogens (tertiary/aromatic N) is 2. The van der Waals surface area contributed by atoms with Gasteiger partial charge in [-0.1, -0.05) is 30.3 Å². The molecule has 2 heterocycles. The number of anilines is 1. The van der Waals surface area contributed by atoms with Gasteiger partial charge >= 0.3 is 6.03 Å². The predicted octanol–water partition coefficient (Wildman–Crippen LogP) is 3.60. The number of carbonyl (C=O) groups excluding carboxylic acids is 2. The second-order valence-corrected chi connectivity index (χ2v) is 7.95. The predicted molar refractivity (Wildman–Crippen MR) is 110 cm³/mol. The number of nitrogens with one attached hydrogen (secondary N) is 1. The zero-order valence-electron chi connectivity index (χ0n) is 16.4. The van der Waals surface area contributed by atoms with E-state index in [2.05, 4.69) is 29.6 Å². The molecule has 4 rings (SSSR count). The molecule has 0 saturated carbocycles. The Morgan fingerprint density at radius 1 is 1.03 bits per heavy atom. The van der Waals surface area contributed by atoms with Crippen molar-refractivity contribution in [1.82, 2.24) is 10.2 Å². The summed E-state index contributed by atoms with van der Waals surface area (Å²) in [5, 5.41) is 3.01. The van der Waals surface area contributed by atoms with E-state index in [9.17, 15) is 14.0 Å². The van der Waals surface area contributed by atoms with E-state index < -0.39 is 0 Å². The van der Waals surface area contributed by atoms with Gasteiger partial charge in [-0.3, -0.25) is 4.79 Å². The van der Waals surface area contributed by atoms with E-state index in [0.717, 1.165) is 32.4 Å². The summed E-state index contributed by atoms with van der Waals surface area (Å²) >= 11 is 0. The number of halogens is 1. The van der Waals surface area contributed by atoms with Crippen molar-refractivity contribution in [3.8, 4) is 0 Å². The number of carbonyl (C=O) groups is 2. The van der Waals surface area contributed by atoms with Crippen molar-refractivity contribution < 1.29 is 14.0 Å². The molecule has 152 valence electrons. The van der Waals surface area contributed by atoms with Crippen LogP contribution < -0.4 is 10.2 Å². The van der Waals surface area contributed by atoms with Crippen molar-refractivity contribution in [2.24, 2.45) is 5.92 Å². The molecule has 0 aromatic heterocycles. The summed E-state index contributed by atoms with van der Waals surface area (Å²) < 4.78 is 13.1. The van der Waals surface area contributed by atoms with Gasteiger partial charge in [-0.05, 0) is 55.0 Å². The van der Waals surface area contributed by atoms with Crippen LogP contribution in [0.5, 0.6) is 0 Å². The van der Waals surface area contributed by atoms with Crippen LogP contribution in [0.4, 0.5) is 14.9 Å². The molecule has 1 atom stereocenters. The summed E-state index contributed by atoms with van der Waals surface area (Å²) in [4.78, 5) is 28.4. The van der Waals surface area contributed by atoms with E-state index in [0.29, 0.717) is 18.2 Å². The van der Waals surface area contributed by atoms with Gasteiger partial charge in [0, 0.05) is 31.7 Å². The number of hydrogen-bond acceptors (Lipinski definition) is 2. The van der Waals surface area contributed by atoms with Gasteiger partial charge in [0.2, 0.25) is 5.91 Å². The standard InChI is InChI=1S/C23H26FN3O2/c24-19-6-8-21(9-7-19)27-16-20(15-22(27)28)25-23(29)26-12-10-18(11-13-26)14-17-4-2-1-3-5-17/h1-9,18,20H,10-16H2,(H,25,29). The first kappa shape index (κ1) is 19.4. The monoisotopic (exact) mass is 395 g/mol. The van der Waals surface area contributed by atoms with Gasteiger partial charge in [0.1, 0.15) is 5.82 Å². The molecular formula is C23H26FN3O2. The van der Waals surface area contributed by atoms with E-state index in [1.165, 1.54) is 17.7 Å². The molecule has 0 bridgehead atoms. The van der Waals surface area contributed by atoms with Crippen LogP contribution in [0, 0.1) is 11.7 Å². The minimum Gasteiger partial charge on any atom is -0.333 e. The molecule has 2 aliphatic rings. The van der Waals surface area contributed by atoms with Crippen molar-refractivity contribution in [1.29, 1.82) is 0 Å². The topological polar surface area (TPSA) is 52.7 Å². The van der Waals surface area contributed by atoms with Gasteiger partial charge in [-0.15, -0.1) is 0 Å². The molecule has 2 fully saturated rings. The van der Waals surface area contributed by atoms with Crippen LogP contribution in [-0.2, 0) is 11.2 Å². The molecule has 2 aromatic rings. The summed E-state index contributed by atoms with van der Waals surface area (Å²) in [6, 6.07) is 16.0. The fourth-order valence-electron chi connectivity index (χ4n) is 4.23. The van der Waals surface area contributed by atoms with E-state index >= 15 is 0 Å². The summed E-state index contributed by atoms with van der Waals surface area (Å²) in [5.41, 5.74) is 2.01. The third-order valence-electron chi connectivity index (χ3n) is 5.86. The Kier molecular flexibility index (Phi) is 5.79. The highest BCUT2D eigenvalue weighted by Gasteiger charge is 2.33. The minimum atomic E-state index is -0.332. The zero-order valence-corrected chi connectivity index (χ0v) is 16.4. The lowest BCUT2D eigenvalue weighted by Gasteiger charge is -2.33. The van der Waals surface area contributed by atoms with Crippen LogP contribution in [0.2, 0.25) is 0 Å². The van der Waals surface area contributed by atoms with Crippen molar-refractivity contribution in [2.75, 3.05) is 24.5 Å². The molecule has 1 unspecified atom stereocenters. The second-order valence-electron chi connectivity index (χ2n) is 7.95. The lowest BCUT2D eigenvalue weighted by Crippen LogP contribution is -2.48. The summed E-state index contributed by atoms with van der Waals surface area (Å²) in [6.07, 6.45) is 3.31. The molecule has 2 saturated heterocycles. The normalized spacial score (nSPS) is 20.2. The number of rotatable bonds is 4. The zero-order chi connectivity index (χ0) is 20.2. The molecule has 2 aromatic carbocycles. The first-order chi connectivity index (χ1) is 14.1. The number of piperidine rings is 1. The maximum Gasteiger partial charge on any atom is 0.317 e. The van der Waals surface area contributed by atoms with E-state index in [1.807, 2.05) is 11.0 Å². The Balaban J connectivity index is 1.26. The van der Waals surface area contributed by atoms with Crippen molar-refractivity contribution >= 4 is 17.6 Å². The van der Waals surface area contributed by atoms with E-state index in [-0.39, 0.29) is 30.2 Å². The number of likely N-dealkylation sites (tertiary alicyclic amines) is 1. The Morgan fingerprint density at radius 3 is 2.41 bits per heavy atom. The van der Waals surface area contributed by atoms with Crippen LogP contribution in [0.25, 0.3) is 0 Å². The number of amides is 3. The van der Waals surface area contributed by atoms with Gasteiger partial charge in [-0.2, -0.15) is 0 Å². The Hall–Kier alpha value is -2.89. The molecule has 0 spiro atoms. The smallest absolute Gasteiger partial charge is 0.317 e. The molecule has 0 radical (unpaired) electrons. The van der Waals surface area contributed by atoms with Crippen molar-refractivity contribution in [3.05, 3.63) is 66.0 Å². The van der Waals surface area contributed by atoms with Crippen LogP contribution in [0.15, 0.2) is 54.6 Å². The van der Waals surface area contributed by atoms with E-state index in [1.54, 1.807) is 17.0 Å². The van der Waals surface area contributed by atoms with Gasteiger partial charge in [-0.25, -0.2) is 9.18 Å². The molecular weight excluding hydrogens is 369 g/mol. The quantitative estimate of drug-likeness (QED) is 0.860. The maximum absolute atomic E-state index is 13.1. The first-order valence-corrected chi connectivity index (χ1v) is 10.2. The third-order valence-corrected chi connectivity index (χ3v) is 5.86. The molecule has 2 aliphatic heterocycles. The van der Waals surface area contributed by atoms with Crippen molar-refractivity contribution in [3.63, 3.8) is 0 Å². The van der Waals surface area contributed by atoms with Crippen molar-refractivity contribution in [2.45, 2.75) is 31.7 Å². The van der Waals surface area contributed by atoms with Crippen LogP contribution in [-0.4, -0.2) is 42.5 Å². The SMILES string of the molecule is O=C(NC1CC(=O)N(c2ccc(F)cc2)C1)N1CCC(Cc2ccccc2)CC1. The number of urea groups is 1. The van der Waals surface area contributed by atoms with Crippen LogP contribution >= 0.6 is 0 Å². The van der Waals surface area contributed by atoms with Gasteiger partial charge < -0.3 is 15.1 Å². The molecule has 6 heteroatoms. The summed E-state index contributed by atoms with van der Waals surface area (Å²) in [7, 11) is 0. The Labute approximate surface area is 170 Å². The molecule has 1 N–H and O–H groups in total. The number of benzene rings is 2.